The molecule has 106 valence electrons. The molecule has 1 unspecified atom stereocenters. The summed E-state index contributed by atoms with van der Waals surface area (Å²) in [6.45, 7) is 6.75. The van der Waals surface area contributed by atoms with Crippen LogP contribution in [0.15, 0.2) is 0 Å². The molecule has 0 aromatic heterocycles. The first-order chi connectivity index (χ1) is 8.63. The molecular weight excluding hydrogens is 226 g/mol. The lowest BCUT2D eigenvalue weighted by Crippen LogP contribution is -2.46. The van der Waals surface area contributed by atoms with Crippen molar-refractivity contribution >= 4 is 5.91 Å². The van der Waals surface area contributed by atoms with Crippen molar-refractivity contribution in [3.05, 3.63) is 0 Å². The predicted molar refractivity (Wildman–Crippen MR) is 75.4 cm³/mol. The topological polar surface area (TPSA) is 58.4 Å². The molecule has 0 radical (unpaired) electrons. The van der Waals surface area contributed by atoms with Gasteiger partial charge in [0.1, 0.15) is 0 Å². The molecule has 0 bridgehead atoms. The summed E-state index contributed by atoms with van der Waals surface area (Å²) in [6.07, 6.45) is 6.99. The van der Waals surface area contributed by atoms with E-state index in [-0.39, 0.29) is 18.0 Å². The number of carbonyl (C=O) groups excluding carboxylic acids is 1. The number of hydrogen-bond acceptors (Lipinski definition) is 3. The van der Waals surface area contributed by atoms with Crippen LogP contribution in [0.2, 0.25) is 0 Å². The highest BCUT2D eigenvalue weighted by Crippen LogP contribution is 2.14. The van der Waals surface area contributed by atoms with Crippen LogP contribution in [-0.2, 0) is 4.79 Å². The molecule has 0 aromatic rings. The number of carbonyl (C=O) groups is 1. The zero-order chi connectivity index (χ0) is 13.4. The second-order valence-electron chi connectivity index (χ2n) is 5.62. The van der Waals surface area contributed by atoms with Crippen molar-refractivity contribution in [2.24, 2.45) is 5.73 Å². The molecule has 3 N–H and O–H groups in total. The third-order valence-electron chi connectivity index (χ3n) is 3.55. The van der Waals surface area contributed by atoms with Crippen LogP contribution in [0.3, 0.4) is 0 Å². The first-order valence-electron chi connectivity index (χ1n) is 7.37. The van der Waals surface area contributed by atoms with Crippen molar-refractivity contribution in [3.63, 3.8) is 0 Å². The predicted octanol–water partition coefficient (Wildman–Crippen LogP) is 1.49. The van der Waals surface area contributed by atoms with Gasteiger partial charge in [0.15, 0.2) is 0 Å². The van der Waals surface area contributed by atoms with E-state index in [2.05, 4.69) is 10.2 Å². The first-order valence-corrected chi connectivity index (χ1v) is 7.37. The van der Waals surface area contributed by atoms with Gasteiger partial charge in [-0.25, -0.2) is 0 Å². The molecule has 1 fully saturated rings. The summed E-state index contributed by atoms with van der Waals surface area (Å²) < 4.78 is 0. The molecule has 1 atom stereocenters. The Morgan fingerprint density at radius 3 is 2.22 bits per heavy atom. The van der Waals surface area contributed by atoms with E-state index in [4.69, 9.17) is 5.73 Å². The van der Waals surface area contributed by atoms with E-state index in [1.54, 1.807) is 0 Å². The number of amides is 1. The molecule has 4 heteroatoms. The van der Waals surface area contributed by atoms with E-state index < -0.39 is 0 Å². The summed E-state index contributed by atoms with van der Waals surface area (Å²) in [5.74, 6) is 0.127. The molecule has 1 saturated heterocycles. The third-order valence-corrected chi connectivity index (χ3v) is 3.55. The monoisotopic (exact) mass is 255 g/mol. The number of nitrogens with two attached hydrogens (primary N) is 1. The van der Waals surface area contributed by atoms with Crippen LogP contribution in [0.5, 0.6) is 0 Å². The summed E-state index contributed by atoms with van der Waals surface area (Å²) in [5.41, 5.74) is 5.85. The quantitative estimate of drug-likeness (QED) is 0.782. The Hall–Kier alpha value is -0.610. The van der Waals surface area contributed by atoms with Gasteiger partial charge in [-0.15, -0.1) is 0 Å². The summed E-state index contributed by atoms with van der Waals surface area (Å²) in [4.78, 5) is 14.2. The Kier molecular flexibility index (Phi) is 7.28. The van der Waals surface area contributed by atoms with Crippen LogP contribution in [0.4, 0.5) is 0 Å². The lowest BCUT2D eigenvalue weighted by molar-refractivity contribution is -0.122. The molecule has 0 spiro atoms. The number of nitrogens with one attached hydrogen (secondary N) is 1. The van der Waals surface area contributed by atoms with Crippen molar-refractivity contribution in [2.75, 3.05) is 19.6 Å². The number of rotatable bonds is 5. The van der Waals surface area contributed by atoms with Crippen LogP contribution >= 0.6 is 0 Å². The van der Waals surface area contributed by atoms with E-state index in [1.807, 2.05) is 13.8 Å². The maximum absolute atomic E-state index is 11.8. The molecule has 1 rings (SSSR count). The van der Waals surface area contributed by atoms with E-state index in [1.165, 1.54) is 32.1 Å². The highest BCUT2D eigenvalue weighted by Gasteiger charge is 2.20. The molecule has 1 aliphatic heterocycles. The summed E-state index contributed by atoms with van der Waals surface area (Å²) in [5, 5.41) is 2.95. The minimum Gasteiger partial charge on any atom is -0.354 e. The lowest BCUT2D eigenvalue weighted by atomic mass is 10.0. The summed E-state index contributed by atoms with van der Waals surface area (Å²) >= 11 is 0. The SMILES string of the molecule is CC(C)NC(=O)CC(CN)N1CCCCCCC1. The molecule has 1 aliphatic rings. The second kappa shape index (κ2) is 8.48. The highest BCUT2D eigenvalue weighted by atomic mass is 16.1. The third kappa shape index (κ3) is 5.83. The fourth-order valence-corrected chi connectivity index (χ4v) is 2.59. The Morgan fingerprint density at radius 1 is 1.17 bits per heavy atom. The Labute approximate surface area is 111 Å². The first kappa shape index (κ1) is 15.4. The van der Waals surface area contributed by atoms with Crippen molar-refractivity contribution in [3.8, 4) is 0 Å². The number of hydrogen-bond donors (Lipinski definition) is 2. The van der Waals surface area contributed by atoms with Gasteiger partial charge in [-0.05, 0) is 39.8 Å². The van der Waals surface area contributed by atoms with Gasteiger partial charge in [0.25, 0.3) is 0 Å². The zero-order valence-corrected chi connectivity index (χ0v) is 12.0. The molecule has 18 heavy (non-hydrogen) atoms. The fraction of sp³-hybridized carbons (Fsp3) is 0.929. The van der Waals surface area contributed by atoms with Gasteiger partial charge >= 0.3 is 0 Å². The van der Waals surface area contributed by atoms with Gasteiger partial charge in [0, 0.05) is 25.0 Å². The summed E-state index contributed by atoms with van der Waals surface area (Å²) in [6, 6.07) is 0.421. The van der Waals surface area contributed by atoms with E-state index in [9.17, 15) is 4.79 Å². The van der Waals surface area contributed by atoms with Crippen molar-refractivity contribution in [2.45, 2.75) is 64.5 Å². The highest BCUT2D eigenvalue weighted by molar-refractivity contribution is 5.76. The molecule has 0 saturated carbocycles. The minimum absolute atomic E-state index is 0.127. The van der Waals surface area contributed by atoms with Crippen LogP contribution in [0.1, 0.15) is 52.4 Å². The fourth-order valence-electron chi connectivity index (χ4n) is 2.59. The van der Waals surface area contributed by atoms with Crippen molar-refractivity contribution in [1.82, 2.24) is 10.2 Å². The van der Waals surface area contributed by atoms with Crippen LogP contribution in [0.25, 0.3) is 0 Å². The van der Waals surface area contributed by atoms with Gasteiger partial charge in [0.05, 0.1) is 0 Å². The van der Waals surface area contributed by atoms with Gasteiger partial charge in [-0.1, -0.05) is 19.3 Å². The maximum atomic E-state index is 11.8. The Bertz CT molecular complexity index is 235. The van der Waals surface area contributed by atoms with Gasteiger partial charge in [-0.2, -0.15) is 0 Å². The zero-order valence-electron chi connectivity index (χ0n) is 12.0. The molecule has 1 heterocycles. The maximum Gasteiger partial charge on any atom is 0.221 e. The smallest absolute Gasteiger partial charge is 0.221 e. The number of nitrogens with zero attached hydrogens (tertiary/aromatic N) is 1. The van der Waals surface area contributed by atoms with E-state index in [0.29, 0.717) is 13.0 Å². The van der Waals surface area contributed by atoms with Crippen LogP contribution in [0, 0.1) is 0 Å². The number of likely N-dealkylation sites (tertiary alicyclic amines) is 1. The Balaban J connectivity index is 2.44. The van der Waals surface area contributed by atoms with Crippen molar-refractivity contribution in [1.29, 1.82) is 0 Å². The lowest BCUT2D eigenvalue weighted by Gasteiger charge is -2.32. The molecule has 0 aliphatic carbocycles. The molecule has 4 nitrogen and oxygen atoms in total. The van der Waals surface area contributed by atoms with Gasteiger partial charge in [-0.3, -0.25) is 9.69 Å². The molecular formula is C14H29N3O. The standard InChI is InChI=1S/C14H29N3O/c1-12(2)16-14(18)10-13(11-15)17-8-6-4-3-5-7-9-17/h12-13H,3-11,15H2,1-2H3,(H,16,18). The molecule has 0 aromatic carbocycles. The van der Waals surface area contributed by atoms with Gasteiger partial charge < -0.3 is 11.1 Å². The average molecular weight is 255 g/mol. The van der Waals surface area contributed by atoms with E-state index >= 15 is 0 Å². The molecule has 1 amide bonds. The summed E-state index contributed by atoms with van der Waals surface area (Å²) in [7, 11) is 0. The Morgan fingerprint density at radius 2 is 1.72 bits per heavy atom. The minimum atomic E-state index is 0.127. The van der Waals surface area contributed by atoms with Crippen LogP contribution < -0.4 is 11.1 Å². The van der Waals surface area contributed by atoms with Crippen LogP contribution in [-0.4, -0.2) is 42.5 Å². The van der Waals surface area contributed by atoms with E-state index in [0.717, 1.165) is 13.1 Å². The normalized spacial score (nSPS) is 20.2. The van der Waals surface area contributed by atoms with Crippen molar-refractivity contribution < 1.29 is 4.79 Å². The second-order valence-corrected chi connectivity index (χ2v) is 5.62. The largest absolute Gasteiger partial charge is 0.354 e. The average Bonchev–Trinajstić information content (AvgIpc) is 2.25. The van der Waals surface area contributed by atoms with Gasteiger partial charge in [0.2, 0.25) is 5.91 Å².